The van der Waals surface area contributed by atoms with Crippen molar-refractivity contribution in [3.05, 3.63) is 0 Å². The molecule has 4 saturated heterocycles. The maximum absolute atomic E-state index is 12.3. The predicted octanol–water partition coefficient (Wildman–Crippen LogP) is -9.61. The average molecular weight is 708 g/mol. The fourth-order valence-electron chi connectivity index (χ4n) is 5.94. The van der Waals surface area contributed by atoms with E-state index in [-0.39, 0.29) is 0 Å². The Morgan fingerprint density at radius 3 is 1.50 bits per heavy atom. The van der Waals surface area contributed by atoms with Gasteiger partial charge in [0.15, 0.2) is 25.2 Å². The van der Waals surface area contributed by atoms with Crippen LogP contribution in [0.3, 0.4) is 0 Å². The molecule has 0 aromatic carbocycles. The van der Waals surface area contributed by atoms with Gasteiger partial charge in [-0.1, -0.05) is 0 Å². The van der Waals surface area contributed by atoms with Crippen LogP contribution >= 0.6 is 0 Å². The van der Waals surface area contributed by atoms with Crippen molar-refractivity contribution >= 4 is 5.91 Å². The predicted molar refractivity (Wildman–Crippen MR) is 145 cm³/mol. The molecule has 4 aliphatic heterocycles. The molecule has 280 valence electrons. The quantitative estimate of drug-likeness (QED) is 0.0947. The highest BCUT2D eigenvalue weighted by Gasteiger charge is 2.55. The van der Waals surface area contributed by atoms with Crippen LogP contribution in [0, 0.1) is 0 Å². The second-order valence-corrected chi connectivity index (χ2v) is 11.9. The number of ether oxygens (including phenoxy) is 7. The third-order valence-corrected chi connectivity index (χ3v) is 8.61. The molecule has 48 heavy (non-hydrogen) atoms. The Balaban J connectivity index is 1.61. The molecule has 4 heterocycles. The van der Waals surface area contributed by atoms with Crippen LogP contribution in [-0.2, 0) is 38.0 Å². The lowest BCUT2D eigenvalue weighted by molar-refractivity contribution is -0.379. The molecule has 14 N–H and O–H groups in total. The van der Waals surface area contributed by atoms with E-state index >= 15 is 0 Å². The zero-order chi connectivity index (χ0) is 35.6. The largest absolute Gasteiger partial charge is 0.394 e. The van der Waals surface area contributed by atoms with Crippen molar-refractivity contribution in [1.82, 2.24) is 5.32 Å². The number of rotatable bonds is 11. The van der Waals surface area contributed by atoms with E-state index in [4.69, 9.17) is 33.2 Å². The van der Waals surface area contributed by atoms with Crippen LogP contribution in [-0.4, -0.2) is 221 Å². The Morgan fingerprint density at radius 2 is 0.958 bits per heavy atom. The molecule has 22 nitrogen and oxygen atoms in total. The SMILES string of the molecule is CC(=O)N[C@@H]1[C@H](O[C@@H]2[C@H](O)[C@H](O[C@H]3[C@H](O)[C@H](O)[C@H](O)O[C@H]3CO)O[C@@H](CO)[C@@H]2O)O[C@@H](CO)[C@@H](O)[C@@H]1O[C@@H]1O[C@@H](CO)[C@H](O)[C@H](O)[C@@H]1O. The number of carbonyl (C=O) groups is 1. The summed E-state index contributed by atoms with van der Waals surface area (Å²) in [6.45, 7) is -2.41. The Hall–Kier alpha value is -1.33. The summed E-state index contributed by atoms with van der Waals surface area (Å²) in [5.74, 6) is -0.765. The third-order valence-electron chi connectivity index (χ3n) is 8.61. The summed E-state index contributed by atoms with van der Waals surface area (Å²) >= 11 is 0. The number of nitrogens with one attached hydrogen (secondary N) is 1. The fourth-order valence-corrected chi connectivity index (χ4v) is 5.94. The first-order chi connectivity index (χ1) is 22.7. The molecule has 0 radical (unpaired) electrons. The Bertz CT molecular complexity index is 1030. The summed E-state index contributed by atoms with van der Waals surface area (Å²) in [7, 11) is 0. The first kappa shape index (κ1) is 39.5. The lowest BCUT2D eigenvalue weighted by Gasteiger charge is -2.50. The van der Waals surface area contributed by atoms with E-state index in [1.807, 2.05) is 0 Å². The van der Waals surface area contributed by atoms with Gasteiger partial charge in [0.25, 0.3) is 0 Å². The summed E-state index contributed by atoms with van der Waals surface area (Å²) in [4.78, 5) is 12.3. The Labute approximate surface area is 272 Å². The molecule has 4 rings (SSSR count). The molecule has 1 amide bonds. The minimum atomic E-state index is -2.04. The van der Waals surface area contributed by atoms with Crippen LogP contribution in [0.15, 0.2) is 0 Å². The molecule has 0 saturated carbocycles. The van der Waals surface area contributed by atoms with Gasteiger partial charge in [-0.2, -0.15) is 0 Å². The number of aliphatic hydroxyl groups is 13. The molecule has 20 atom stereocenters. The van der Waals surface area contributed by atoms with E-state index in [0.717, 1.165) is 6.92 Å². The van der Waals surface area contributed by atoms with Crippen molar-refractivity contribution in [2.75, 3.05) is 26.4 Å². The second-order valence-electron chi connectivity index (χ2n) is 11.9. The van der Waals surface area contributed by atoms with E-state index in [0.29, 0.717) is 0 Å². The first-order valence-electron chi connectivity index (χ1n) is 15.1. The van der Waals surface area contributed by atoms with Crippen molar-refractivity contribution in [3.63, 3.8) is 0 Å². The molecule has 0 bridgehead atoms. The normalized spacial score (nSPS) is 50.2. The summed E-state index contributed by atoms with van der Waals surface area (Å²) in [6, 6.07) is -1.61. The van der Waals surface area contributed by atoms with Crippen molar-refractivity contribution in [2.24, 2.45) is 0 Å². The Kier molecular flexibility index (Phi) is 13.8. The lowest BCUT2D eigenvalue weighted by Crippen LogP contribution is -2.70. The van der Waals surface area contributed by atoms with E-state index in [2.05, 4.69) is 5.32 Å². The highest BCUT2D eigenvalue weighted by molar-refractivity contribution is 5.73. The lowest BCUT2D eigenvalue weighted by atomic mass is 9.94. The molecule has 0 unspecified atom stereocenters. The van der Waals surface area contributed by atoms with Gasteiger partial charge < -0.3 is 105 Å². The first-order valence-corrected chi connectivity index (χ1v) is 15.1. The van der Waals surface area contributed by atoms with Crippen LogP contribution in [0.25, 0.3) is 0 Å². The van der Waals surface area contributed by atoms with Crippen LogP contribution in [0.4, 0.5) is 0 Å². The summed E-state index contributed by atoms with van der Waals surface area (Å²) in [5, 5.41) is 136. The van der Waals surface area contributed by atoms with Gasteiger partial charge in [-0.3, -0.25) is 4.79 Å². The van der Waals surface area contributed by atoms with Crippen LogP contribution < -0.4 is 5.32 Å². The van der Waals surface area contributed by atoms with E-state index in [1.165, 1.54) is 0 Å². The zero-order valence-corrected chi connectivity index (χ0v) is 25.5. The number of aliphatic hydroxyl groups excluding tert-OH is 13. The van der Waals surface area contributed by atoms with Gasteiger partial charge in [0.05, 0.1) is 26.4 Å². The molecule has 0 aromatic rings. The van der Waals surface area contributed by atoms with E-state index in [9.17, 15) is 71.2 Å². The molecular weight excluding hydrogens is 662 g/mol. The van der Waals surface area contributed by atoms with Gasteiger partial charge in [0, 0.05) is 6.92 Å². The van der Waals surface area contributed by atoms with Gasteiger partial charge in [-0.05, 0) is 0 Å². The highest BCUT2D eigenvalue weighted by Crippen LogP contribution is 2.34. The van der Waals surface area contributed by atoms with Crippen LogP contribution in [0.5, 0.6) is 0 Å². The minimum Gasteiger partial charge on any atom is -0.394 e. The summed E-state index contributed by atoms with van der Waals surface area (Å²) < 4.78 is 38.7. The maximum atomic E-state index is 12.3. The van der Waals surface area contributed by atoms with Gasteiger partial charge in [0.1, 0.15) is 97.6 Å². The molecule has 0 aromatic heterocycles. The molecule has 0 aliphatic carbocycles. The Morgan fingerprint density at radius 1 is 0.500 bits per heavy atom. The molecular formula is C26H45NO21. The summed E-state index contributed by atoms with van der Waals surface area (Å²) in [6.07, 6.45) is -33.8. The number of hydrogen-bond donors (Lipinski definition) is 14. The highest BCUT2D eigenvalue weighted by atomic mass is 16.8. The van der Waals surface area contributed by atoms with Gasteiger partial charge in [-0.25, -0.2) is 0 Å². The van der Waals surface area contributed by atoms with Gasteiger partial charge >= 0.3 is 0 Å². The van der Waals surface area contributed by atoms with Gasteiger partial charge in [0.2, 0.25) is 5.91 Å². The van der Waals surface area contributed by atoms with E-state index < -0.39 is 155 Å². The maximum Gasteiger partial charge on any atom is 0.217 e. The average Bonchev–Trinajstić information content (AvgIpc) is 3.06. The number of amides is 1. The molecule has 0 spiro atoms. The number of carbonyl (C=O) groups excluding carboxylic acids is 1. The van der Waals surface area contributed by atoms with Crippen molar-refractivity contribution in [2.45, 2.75) is 130 Å². The van der Waals surface area contributed by atoms with E-state index in [1.54, 1.807) is 0 Å². The fraction of sp³-hybridized carbons (Fsp3) is 0.962. The minimum absolute atomic E-state index is 0.765. The van der Waals surface area contributed by atoms with Crippen molar-refractivity contribution in [3.8, 4) is 0 Å². The topological polar surface area (TPSA) is 357 Å². The van der Waals surface area contributed by atoms with Crippen LogP contribution in [0.1, 0.15) is 6.92 Å². The van der Waals surface area contributed by atoms with Crippen molar-refractivity contribution in [1.29, 1.82) is 0 Å². The zero-order valence-electron chi connectivity index (χ0n) is 25.5. The summed E-state index contributed by atoms with van der Waals surface area (Å²) in [5.41, 5.74) is 0. The van der Waals surface area contributed by atoms with Crippen LogP contribution in [0.2, 0.25) is 0 Å². The standard InChI is InChI=1S/C26H45NO21/c1-6(32)27-11-21(47-25-18(39)15(36)12(33)7(2-28)44-25)13(34)8(3-29)43-24(11)48-22-14(35)9(4-30)45-26(19(22)40)46-20-10(5-31)42-23(41)17(38)16(20)37/h7-26,28-31,33-41H,2-5H2,1H3,(H,27,32)/t7-,8-,9-,10-,11-,12-,13+,14-,15-,16+,17-,18-,19-,20+,21+,22-,23+,24-,25-,26-/m0/s1. The molecule has 4 aliphatic rings. The monoisotopic (exact) mass is 707 g/mol. The van der Waals surface area contributed by atoms with Crippen molar-refractivity contribution < 1.29 is 104 Å². The van der Waals surface area contributed by atoms with Gasteiger partial charge in [-0.15, -0.1) is 0 Å². The number of hydrogen-bond acceptors (Lipinski definition) is 21. The molecule has 4 fully saturated rings. The molecule has 22 heteroatoms. The second kappa shape index (κ2) is 16.8. The smallest absolute Gasteiger partial charge is 0.217 e. The third kappa shape index (κ3) is 8.08.